The van der Waals surface area contributed by atoms with Crippen LogP contribution in [0.3, 0.4) is 0 Å². The number of amides is 1. The molecule has 2 N–H and O–H groups in total. The van der Waals surface area contributed by atoms with Gasteiger partial charge in [0.25, 0.3) is 0 Å². The summed E-state index contributed by atoms with van der Waals surface area (Å²) in [5, 5.41) is 3.01. The number of imidazole rings is 1. The second-order valence-corrected chi connectivity index (χ2v) is 5.90. The zero-order valence-corrected chi connectivity index (χ0v) is 12.8. The van der Waals surface area contributed by atoms with Crippen LogP contribution in [0.4, 0.5) is 5.69 Å². The van der Waals surface area contributed by atoms with Gasteiger partial charge < -0.3 is 14.9 Å². The van der Waals surface area contributed by atoms with Crippen molar-refractivity contribution in [2.75, 3.05) is 5.32 Å². The number of H-pyrrole nitrogens is 1. The zero-order valence-electron chi connectivity index (χ0n) is 12.8. The number of hydrogen-bond acceptors (Lipinski definition) is 2. The molecule has 0 spiro atoms. The summed E-state index contributed by atoms with van der Waals surface area (Å²) in [5.74, 6) is 0.442. The largest absolute Gasteiger partial charge is 0.345 e. The fourth-order valence-electron chi connectivity index (χ4n) is 2.61. The molecule has 0 saturated heterocycles. The fraction of sp³-hybridized carbons (Fsp3) is 0.294. The predicted octanol–water partition coefficient (Wildman–Crippen LogP) is 3.59. The maximum Gasteiger partial charge on any atom is 0.247 e. The topological polar surface area (TPSA) is 62.7 Å². The van der Waals surface area contributed by atoms with Crippen molar-refractivity contribution >= 4 is 22.6 Å². The first-order valence-electron chi connectivity index (χ1n) is 7.50. The molecule has 3 rings (SSSR count). The summed E-state index contributed by atoms with van der Waals surface area (Å²) in [5.41, 5.74) is 2.59. The van der Waals surface area contributed by atoms with Crippen LogP contribution in [0.2, 0.25) is 0 Å². The number of benzene rings is 1. The molecule has 0 radical (unpaired) electrons. The van der Waals surface area contributed by atoms with Gasteiger partial charge in [-0.25, -0.2) is 4.98 Å². The molecule has 114 valence electrons. The minimum atomic E-state index is -0.201. The first kappa shape index (κ1) is 14.4. The number of hydrogen-bond donors (Lipinski definition) is 2. The summed E-state index contributed by atoms with van der Waals surface area (Å²) in [4.78, 5) is 19.9. The minimum absolute atomic E-state index is 0.00349. The number of rotatable bonds is 5. The Hall–Kier alpha value is -2.56. The maximum atomic E-state index is 12.7. The number of nitrogens with one attached hydrogen (secondary N) is 2. The van der Waals surface area contributed by atoms with Crippen molar-refractivity contribution in [2.24, 2.45) is 5.92 Å². The van der Waals surface area contributed by atoms with Crippen molar-refractivity contribution in [1.82, 2.24) is 14.5 Å². The normalized spacial score (nSPS) is 12.7. The molecule has 0 aliphatic heterocycles. The van der Waals surface area contributed by atoms with Gasteiger partial charge in [0.15, 0.2) is 0 Å². The Kier molecular flexibility index (Phi) is 3.96. The second kappa shape index (κ2) is 6.05. The molecule has 5 nitrogen and oxygen atoms in total. The smallest absolute Gasteiger partial charge is 0.247 e. The average molecular weight is 296 g/mol. The highest BCUT2D eigenvalue weighted by molar-refractivity contribution is 5.95. The van der Waals surface area contributed by atoms with E-state index in [4.69, 9.17) is 0 Å². The third-order valence-electron chi connectivity index (χ3n) is 3.67. The number of fused-ring (bicyclic) bond motifs is 1. The van der Waals surface area contributed by atoms with E-state index in [1.807, 2.05) is 47.3 Å². The summed E-state index contributed by atoms with van der Waals surface area (Å²) in [7, 11) is 0. The van der Waals surface area contributed by atoms with Crippen molar-refractivity contribution in [3.05, 3.63) is 49.1 Å². The highest BCUT2D eigenvalue weighted by Crippen LogP contribution is 2.22. The van der Waals surface area contributed by atoms with Crippen LogP contribution >= 0.6 is 0 Å². The van der Waals surface area contributed by atoms with E-state index >= 15 is 0 Å². The number of carbonyl (C=O) groups is 1. The van der Waals surface area contributed by atoms with Gasteiger partial charge >= 0.3 is 0 Å². The monoisotopic (exact) mass is 296 g/mol. The summed E-state index contributed by atoms with van der Waals surface area (Å²) >= 11 is 0. The summed E-state index contributed by atoms with van der Waals surface area (Å²) in [6.45, 7) is 4.25. The molecule has 3 aromatic rings. The van der Waals surface area contributed by atoms with Gasteiger partial charge in [-0.3, -0.25) is 4.79 Å². The molecule has 5 heteroatoms. The molecule has 1 amide bonds. The van der Waals surface area contributed by atoms with Crippen molar-refractivity contribution in [2.45, 2.75) is 26.3 Å². The van der Waals surface area contributed by atoms with Crippen LogP contribution in [0.1, 0.15) is 26.3 Å². The predicted molar refractivity (Wildman–Crippen MR) is 87.6 cm³/mol. The molecule has 0 fully saturated rings. The highest BCUT2D eigenvalue weighted by atomic mass is 16.2. The van der Waals surface area contributed by atoms with Crippen LogP contribution < -0.4 is 5.32 Å². The Balaban J connectivity index is 1.80. The minimum Gasteiger partial charge on any atom is -0.345 e. The Morgan fingerprint density at radius 3 is 2.82 bits per heavy atom. The van der Waals surface area contributed by atoms with E-state index in [1.165, 1.54) is 0 Å². The van der Waals surface area contributed by atoms with Crippen molar-refractivity contribution in [1.29, 1.82) is 0 Å². The number of anilines is 1. The molecule has 22 heavy (non-hydrogen) atoms. The Bertz CT molecular complexity index is 758. The molecular weight excluding hydrogens is 276 g/mol. The summed E-state index contributed by atoms with van der Waals surface area (Å²) < 4.78 is 1.96. The van der Waals surface area contributed by atoms with Crippen LogP contribution in [0, 0.1) is 5.92 Å². The van der Waals surface area contributed by atoms with Gasteiger partial charge in [-0.2, -0.15) is 0 Å². The van der Waals surface area contributed by atoms with Crippen LogP contribution in [0.25, 0.3) is 11.0 Å². The SMILES string of the molecule is CC(C)C[C@H](C(=O)Nc1ccc2nc[nH]c2c1)n1cccc1. The third-order valence-corrected chi connectivity index (χ3v) is 3.67. The van der Waals surface area contributed by atoms with Gasteiger partial charge in [0, 0.05) is 18.1 Å². The number of carbonyl (C=O) groups excluding carboxylic acids is 1. The quantitative estimate of drug-likeness (QED) is 0.755. The lowest BCUT2D eigenvalue weighted by atomic mass is 10.0. The molecule has 0 saturated carbocycles. The van der Waals surface area contributed by atoms with E-state index in [2.05, 4.69) is 29.1 Å². The van der Waals surface area contributed by atoms with Gasteiger partial charge in [-0.1, -0.05) is 13.8 Å². The molecule has 0 bridgehead atoms. The number of nitrogens with zero attached hydrogens (tertiary/aromatic N) is 2. The molecule has 2 heterocycles. The van der Waals surface area contributed by atoms with E-state index in [9.17, 15) is 4.79 Å². The van der Waals surface area contributed by atoms with Crippen molar-refractivity contribution in [3.63, 3.8) is 0 Å². The molecule has 1 atom stereocenters. The van der Waals surface area contributed by atoms with E-state index in [0.29, 0.717) is 5.92 Å². The van der Waals surface area contributed by atoms with E-state index in [0.717, 1.165) is 23.1 Å². The molecule has 0 aliphatic carbocycles. The zero-order chi connectivity index (χ0) is 15.5. The highest BCUT2D eigenvalue weighted by Gasteiger charge is 2.21. The van der Waals surface area contributed by atoms with Crippen LogP contribution in [-0.2, 0) is 4.79 Å². The van der Waals surface area contributed by atoms with Crippen LogP contribution in [-0.4, -0.2) is 20.4 Å². The van der Waals surface area contributed by atoms with Gasteiger partial charge in [-0.05, 0) is 42.7 Å². The second-order valence-electron chi connectivity index (χ2n) is 5.90. The molecular formula is C17H20N4O. The summed E-state index contributed by atoms with van der Waals surface area (Å²) in [6, 6.07) is 9.36. The molecule has 1 aromatic carbocycles. The van der Waals surface area contributed by atoms with E-state index in [1.54, 1.807) is 6.33 Å². The molecule has 0 aliphatic rings. The van der Waals surface area contributed by atoms with Gasteiger partial charge in [-0.15, -0.1) is 0 Å². The van der Waals surface area contributed by atoms with E-state index in [-0.39, 0.29) is 11.9 Å². The summed E-state index contributed by atoms with van der Waals surface area (Å²) in [6.07, 6.45) is 6.32. The maximum absolute atomic E-state index is 12.7. The lowest BCUT2D eigenvalue weighted by Crippen LogP contribution is -2.26. The van der Waals surface area contributed by atoms with Gasteiger partial charge in [0.2, 0.25) is 5.91 Å². The Morgan fingerprint density at radius 1 is 1.32 bits per heavy atom. The molecule has 0 unspecified atom stereocenters. The van der Waals surface area contributed by atoms with Gasteiger partial charge in [0.05, 0.1) is 17.4 Å². The van der Waals surface area contributed by atoms with Crippen molar-refractivity contribution < 1.29 is 4.79 Å². The average Bonchev–Trinajstić information content (AvgIpc) is 3.15. The lowest BCUT2D eigenvalue weighted by Gasteiger charge is -2.20. The van der Waals surface area contributed by atoms with Crippen molar-refractivity contribution in [3.8, 4) is 0 Å². The van der Waals surface area contributed by atoms with Gasteiger partial charge in [0.1, 0.15) is 6.04 Å². The fourth-order valence-corrected chi connectivity index (χ4v) is 2.61. The Labute approximate surface area is 129 Å². The first-order valence-corrected chi connectivity index (χ1v) is 7.50. The lowest BCUT2D eigenvalue weighted by molar-refractivity contribution is -0.119. The third kappa shape index (κ3) is 3.03. The van der Waals surface area contributed by atoms with E-state index < -0.39 is 0 Å². The molecule has 2 aromatic heterocycles. The van der Waals surface area contributed by atoms with Crippen LogP contribution in [0.5, 0.6) is 0 Å². The van der Waals surface area contributed by atoms with Crippen LogP contribution in [0.15, 0.2) is 49.1 Å². The number of aromatic nitrogens is 3. The standard InChI is InChI=1S/C17H20N4O/c1-12(2)9-16(21-7-3-4-8-21)17(22)20-13-5-6-14-15(10-13)19-11-18-14/h3-8,10-12,16H,9H2,1-2H3,(H,18,19)(H,20,22)/t16-/m1/s1. The number of aromatic amines is 1. The first-order chi connectivity index (χ1) is 10.6. The Morgan fingerprint density at radius 2 is 2.09 bits per heavy atom.